The SMILES string of the molecule is COC(CNC(=O)c1cc(-c2ccc(F)cc2)nn1C)c1ccsc1. The number of nitrogens with zero attached hydrogens (tertiary/aromatic N) is 2. The van der Waals surface area contributed by atoms with Crippen LogP contribution in [0.4, 0.5) is 4.39 Å². The van der Waals surface area contributed by atoms with Gasteiger partial charge in [-0.3, -0.25) is 9.48 Å². The Bertz CT molecular complexity index is 844. The third kappa shape index (κ3) is 3.94. The molecule has 1 N–H and O–H groups in total. The minimum Gasteiger partial charge on any atom is -0.375 e. The Labute approximate surface area is 149 Å². The predicted octanol–water partition coefficient (Wildman–Crippen LogP) is 3.41. The third-order valence-electron chi connectivity index (χ3n) is 3.90. The van der Waals surface area contributed by atoms with Crippen LogP contribution in [0.5, 0.6) is 0 Å². The first-order valence-corrected chi connectivity index (χ1v) is 8.66. The van der Waals surface area contributed by atoms with Crippen LogP contribution in [0, 0.1) is 5.82 Å². The number of aromatic nitrogens is 2. The van der Waals surface area contributed by atoms with E-state index in [1.54, 1.807) is 43.7 Å². The number of amides is 1. The average molecular weight is 359 g/mol. The second kappa shape index (κ2) is 7.58. The Morgan fingerprint density at radius 1 is 1.36 bits per heavy atom. The summed E-state index contributed by atoms with van der Waals surface area (Å²) in [5.41, 5.74) is 2.84. The second-order valence-corrected chi connectivity index (χ2v) is 6.32. The summed E-state index contributed by atoms with van der Waals surface area (Å²) in [5, 5.41) is 11.2. The summed E-state index contributed by atoms with van der Waals surface area (Å²) >= 11 is 1.58. The van der Waals surface area contributed by atoms with Crippen LogP contribution in [0.2, 0.25) is 0 Å². The van der Waals surface area contributed by atoms with Gasteiger partial charge in [0.25, 0.3) is 5.91 Å². The number of thiophene rings is 1. The predicted molar refractivity (Wildman–Crippen MR) is 95.0 cm³/mol. The molecular weight excluding hydrogens is 341 g/mol. The van der Waals surface area contributed by atoms with Gasteiger partial charge in [-0.15, -0.1) is 0 Å². The first-order valence-electron chi connectivity index (χ1n) is 7.71. The van der Waals surface area contributed by atoms with E-state index < -0.39 is 0 Å². The number of benzene rings is 1. The molecule has 7 heteroatoms. The number of carbonyl (C=O) groups excluding carboxylic acids is 1. The fraction of sp³-hybridized carbons (Fsp3) is 0.222. The lowest BCUT2D eigenvalue weighted by molar-refractivity contribution is 0.0822. The Morgan fingerprint density at radius 3 is 2.76 bits per heavy atom. The van der Waals surface area contributed by atoms with Gasteiger partial charge in [0.05, 0.1) is 5.69 Å². The molecule has 0 radical (unpaired) electrons. The Kier molecular flexibility index (Phi) is 5.25. The maximum Gasteiger partial charge on any atom is 0.269 e. The van der Waals surface area contributed by atoms with Crippen LogP contribution in [0.1, 0.15) is 22.2 Å². The molecule has 1 amide bonds. The molecule has 3 aromatic rings. The molecule has 130 valence electrons. The molecular formula is C18H18FN3O2S. The minimum absolute atomic E-state index is 0.194. The number of nitrogens with one attached hydrogen (secondary N) is 1. The first kappa shape index (κ1) is 17.3. The molecule has 0 saturated heterocycles. The zero-order chi connectivity index (χ0) is 17.8. The van der Waals surface area contributed by atoms with Crippen LogP contribution in [0.25, 0.3) is 11.3 Å². The Hall–Kier alpha value is -2.51. The van der Waals surface area contributed by atoms with Gasteiger partial charge in [-0.1, -0.05) is 0 Å². The van der Waals surface area contributed by atoms with Crippen LogP contribution >= 0.6 is 11.3 Å². The molecule has 0 aliphatic rings. The molecule has 0 saturated carbocycles. The van der Waals surface area contributed by atoms with Crippen LogP contribution in [0.3, 0.4) is 0 Å². The fourth-order valence-electron chi connectivity index (χ4n) is 2.51. The van der Waals surface area contributed by atoms with E-state index >= 15 is 0 Å². The smallest absolute Gasteiger partial charge is 0.269 e. The van der Waals surface area contributed by atoms with Gasteiger partial charge >= 0.3 is 0 Å². The van der Waals surface area contributed by atoms with Gasteiger partial charge in [0, 0.05) is 26.3 Å². The summed E-state index contributed by atoms with van der Waals surface area (Å²) in [5.74, 6) is -0.544. The lowest BCUT2D eigenvalue weighted by Crippen LogP contribution is -2.30. The van der Waals surface area contributed by atoms with Gasteiger partial charge in [0.15, 0.2) is 0 Å². The van der Waals surface area contributed by atoms with Crippen molar-refractivity contribution < 1.29 is 13.9 Å². The summed E-state index contributed by atoms with van der Waals surface area (Å²) in [6.45, 7) is 0.364. The van der Waals surface area contributed by atoms with E-state index in [1.807, 2.05) is 16.8 Å². The van der Waals surface area contributed by atoms with E-state index in [4.69, 9.17) is 4.74 Å². The van der Waals surface area contributed by atoms with Crippen molar-refractivity contribution in [1.82, 2.24) is 15.1 Å². The highest BCUT2D eigenvalue weighted by Crippen LogP contribution is 2.20. The fourth-order valence-corrected chi connectivity index (χ4v) is 3.21. The number of hydrogen-bond acceptors (Lipinski definition) is 4. The lowest BCUT2D eigenvalue weighted by Gasteiger charge is -2.14. The maximum atomic E-state index is 13.0. The monoisotopic (exact) mass is 359 g/mol. The van der Waals surface area contributed by atoms with E-state index in [9.17, 15) is 9.18 Å². The average Bonchev–Trinajstić information content (AvgIpc) is 3.26. The number of aryl methyl sites for hydroxylation is 1. The molecule has 0 spiro atoms. The Morgan fingerprint density at radius 2 is 2.12 bits per heavy atom. The summed E-state index contributed by atoms with van der Waals surface area (Å²) in [6, 6.07) is 9.67. The summed E-state index contributed by atoms with van der Waals surface area (Å²) in [6.07, 6.45) is -0.194. The van der Waals surface area contributed by atoms with Crippen molar-refractivity contribution in [3.8, 4) is 11.3 Å². The van der Waals surface area contributed by atoms with Crippen molar-refractivity contribution >= 4 is 17.2 Å². The molecule has 0 fully saturated rings. The van der Waals surface area contributed by atoms with E-state index in [2.05, 4.69) is 10.4 Å². The van der Waals surface area contributed by atoms with Crippen molar-refractivity contribution in [2.45, 2.75) is 6.10 Å². The number of methoxy groups -OCH3 is 1. The molecule has 5 nitrogen and oxygen atoms in total. The molecule has 0 aliphatic heterocycles. The first-order chi connectivity index (χ1) is 12.1. The normalized spacial score (nSPS) is 12.1. The standard InChI is InChI=1S/C18H18FN3O2S/c1-22-16(9-15(21-22)12-3-5-14(19)6-4-12)18(23)20-10-17(24-2)13-7-8-25-11-13/h3-9,11,17H,10H2,1-2H3,(H,20,23). The number of hydrogen-bond donors (Lipinski definition) is 1. The molecule has 0 bridgehead atoms. The largest absolute Gasteiger partial charge is 0.375 e. The summed E-state index contributed by atoms with van der Waals surface area (Å²) in [4.78, 5) is 12.5. The van der Waals surface area contributed by atoms with E-state index in [1.165, 1.54) is 16.8 Å². The molecule has 25 heavy (non-hydrogen) atoms. The highest BCUT2D eigenvalue weighted by Gasteiger charge is 2.17. The van der Waals surface area contributed by atoms with Gasteiger partial charge in [-0.2, -0.15) is 16.4 Å². The molecule has 2 heterocycles. The Balaban J connectivity index is 1.71. The van der Waals surface area contributed by atoms with E-state index in [0.29, 0.717) is 17.9 Å². The van der Waals surface area contributed by atoms with Crippen molar-refractivity contribution in [1.29, 1.82) is 0 Å². The van der Waals surface area contributed by atoms with Gasteiger partial charge in [-0.05, 0) is 52.7 Å². The van der Waals surface area contributed by atoms with Crippen molar-refractivity contribution in [3.63, 3.8) is 0 Å². The second-order valence-electron chi connectivity index (χ2n) is 5.54. The number of halogens is 1. The molecule has 1 unspecified atom stereocenters. The zero-order valence-corrected chi connectivity index (χ0v) is 14.7. The van der Waals surface area contributed by atoms with Gasteiger partial charge < -0.3 is 10.1 Å². The topological polar surface area (TPSA) is 56.1 Å². The highest BCUT2D eigenvalue weighted by atomic mass is 32.1. The number of rotatable bonds is 6. The van der Waals surface area contributed by atoms with E-state index in [-0.39, 0.29) is 17.8 Å². The molecule has 3 rings (SSSR count). The lowest BCUT2D eigenvalue weighted by atomic mass is 10.1. The number of ether oxygens (including phenoxy) is 1. The molecule has 0 aliphatic carbocycles. The maximum absolute atomic E-state index is 13.0. The highest BCUT2D eigenvalue weighted by molar-refractivity contribution is 7.07. The molecule has 2 aromatic heterocycles. The molecule has 1 aromatic carbocycles. The van der Waals surface area contributed by atoms with Crippen molar-refractivity contribution in [2.24, 2.45) is 7.05 Å². The third-order valence-corrected chi connectivity index (χ3v) is 4.60. The van der Waals surface area contributed by atoms with Crippen LogP contribution in [0.15, 0.2) is 47.2 Å². The molecule has 1 atom stereocenters. The minimum atomic E-state index is -0.309. The van der Waals surface area contributed by atoms with Crippen LogP contribution < -0.4 is 5.32 Å². The summed E-state index contributed by atoms with van der Waals surface area (Å²) < 4.78 is 20.0. The van der Waals surface area contributed by atoms with Gasteiger partial charge in [-0.25, -0.2) is 4.39 Å². The number of carbonyl (C=O) groups is 1. The van der Waals surface area contributed by atoms with Gasteiger partial charge in [0.2, 0.25) is 0 Å². The van der Waals surface area contributed by atoms with E-state index in [0.717, 1.165) is 11.1 Å². The van der Waals surface area contributed by atoms with Gasteiger partial charge in [0.1, 0.15) is 17.6 Å². The van der Waals surface area contributed by atoms with Crippen LogP contribution in [-0.4, -0.2) is 29.3 Å². The summed E-state index contributed by atoms with van der Waals surface area (Å²) in [7, 11) is 3.32. The van der Waals surface area contributed by atoms with Crippen molar-refractivity contribution in [3.05, 3.63) is 64.2 Å². The van der Waals surface area contributed by atoms with Crippen molar-refractivity contribution in [2.75, 3.05) is 13.7 Å². The quantitative estimate of drug-likeness (QED) is 0.734. The zero-order valence-electron chi connectivity index (χ0n) is 13.9. The van der Waals surface area contributed by atoms with Crippen LogP contribution in [-0.2, 0) is 11.8 Å².